The van der Waals surface area contributed by atoms with E-state index in [1.807, 2.05) is 0 Å². The molecular weight excluding hydrogens is 344 g/mol. The summed E-state index contributed by atoms with van der Waals surface area (Å²) in [6.07, 6.45) is 0. The summed E-state index contributed by atoms with van der Waals surface area (Å²) in [5.74, 6) is -2.69. The lowest BCUT2D eigenvalue weighted by molar-refractivity contribution is 0.0434. The highest BCUT2D eigenvalue weighted by molar-refractivity contribution is 7.53. The van der Waals surface area contributed by atoms with Crippen molar-refractivity contribution in [2.45, 2.75) is 12.6 Å². The van der Waals surface area contributed by atoms with Gasteiger partial charge in [0.05, 0.1) is 12.2 Å². The molecule has 0 aliphatic carbocycles. The first kappa shape index (κ1) is 17.0. The second-order valence-electron chi connectivity index (χ2n) is 4.27. The van der Waals surface area contributed by atoms with Crippen molar-refractivity contribution < 1.29 is 37.1 Å². The van der Waals surface area contributed by atoms with Gasteiger partial charge in [-0.05, 0) is 30.5 Å². The Morgan fingerprint density at radius 3 is 2.59 bits per heavy atom. The number of hydrogen-bond acceptors (Lipinski definition) is 4. The molecule has 2 aromatic rings. The normalized spacial score (nSPS) is 15.0. The Morgan fingerprint density at radius 1 is 1.41 bits per heavy atom. The summed E-state index contributed by atoms with van der Waals surface area (Å²) in [5.41, 5.74) is -5.76. The van der Waals surface area contributed by atoms with Crippen molar-refractivity contribution >= 4 is 35.0 Å². The molecule has 0 aliphatic heterocycles. The molecule has 1 heterocycles. The molecule has 0 saturated carbocycles. The molecule has 0 radical (unpaired) electrons. The second kappa shape index (κ2) is 5.66. The highest BCUT2D eigenvalue weighted by atomic mass is 32.1. The standard InChI is InChI=1S/C12H10F3O5PS/c1-2-20-21(18,19)12(14,15)7-3-6-4-10(11(16)17)22-9(6)5-8(7)13/h3-5H,2H2,1H3,(H,16,17)(H,18,19). The van der Waals surface area contributed by atoms with Crippen molar-refractivity contribution in [2.24, 2.45) is 0 Å². The molecule has 1 aromatic heterocycles. The molecule has 0 spiro atoms. The average Bonchev–Trinajstić information content (AvgIpc) is 2.80. The number of aromatic carboxylic acids is 1. The molecule has 0 fully saturated rings. The molecule has 2 rings (SSSR count). The van der Waals surface area contributed by atoms with Crippen molar-refractivity contribution in [1.29, 1.82) is 0 Å². The molecule has 1 unspecified atom stereocenters. The van der Waals surface area contributed by atoms with Gasteiger partial charge in [-0.25, -0.2) is 9.18 Å². The molecule has 2 N–H and O–H groups in total. The van der Waals surface area contributed by atoms with Crippen LogP contribution in [0.2, 0.25) is 0 Å². The van der Waals surface area contributed by atoms with Gasteiger partial charge in [0.1, 0.15) is 10.7 Å². The molecule has 0 saturated heterocycles. The molecule has 0 bridgehead atoms. The Kier molecular flexibility index (Phi) is 4.36. The second-order valence-corrected chi connectivity index (χ2v) is 7.21. The number of benzene rings is 1. The van der Waals surface area contributed by atoms with Gasteiger partial charge < -0.3 is 14.5 Å². The fraction of sp³-hybridized carbons (Fsp3) is 0.250. The van der Waals surface area contributed by atoms with E-state index in [9.17, 15) is 27.4 Å². The third kappa shape index (κ3) is 2.77. The summed E-state index contributed by atoms with van der Waals surface area (Å²) in [4.78, 5) is 20.0. The number of hydrogen-bond donors (Lipinski definition) is 2. The summed E-state index contributed by atoms with van der Waals surface area (Å²) in [7, 11) is -5.42. The van der Waals surface area contributed by atoms with E-state index in [2.05, 4.69) is 4.52 Å². The Morgan fingerprint density at radius 2 is 2.05 bits per heavy atom. The zero-order valence-corrected chi connectivity index (χ0v) is 12.8. The van der Waals surface area contributed by atoms with Crippen LogP contribution in [-0.2, 0) is 14.8 Å². The highest BCUT2D eigenvalue weighted by Crippen LogP contribution is 2.63. The first-order valence-electron chi connectivity index (χ1n) is 5.92. The molecule has 0 amide bonds. The van der Waals surface area contributed by atoms with Gasteiger partial charge in [-0.1, -0.05) is 0 Å². The number of halogens is 3. The molecule has 22 heavy (non-hydrogen) atoms. The van der Waals surface area contributed by atoms with Crippen LogP contribution < -0.4 is 0 Å². The van der Waals surface area contributed by atoms with Gasteiger partial charge in [-0.2, -0.15) is 8.78 Å². The molecule has 1 atom stereocenters. The van der Waals surface area contributed by atoms with Gasteiger partial charge in [0.15, 0.2) is 0 Å². The quantitative estimate of drug-likeness (QED) is 0.793. The van der Waals surface area contributed by atoms with E-state index in [0.29, 0.717) is 23.5 Å². The minimum Gasteiger partial charge on any atom is -0.477 e. The van der Waals surface area contributed by atoms with E-state index >= 15 is 0 Å². The van der Waals surface area contributed by atoms with Crippen LogP contribution in [0.5, 0.6) is 0 Å². The van der Waals surface area contributed by atoms with Gasteiger partial charge >= 0.3 is 19.2 Å². The fourth-order valence-corrected chi connectivity index (χ4v) is 3.70. The molecule has 120 valence electrons. The smallest absolute Gasteiger partial charge is 0.402 e. The van der Waals surface area contributed by atoms with Crippen LogP contribution in [0.1, 0.15) is 22.2 Å². The molecule has 5 nitrogen and oxygen atoms in total. The van der Waals surface area contributed by atoms with E-state index in [0.717, 1.165) is 6.07 Å². The number of carbonyl (C=O) groups is 1. The maximum atomic E-state index is 14.1. The lowest BCUT2D eigenvalue weighted by Crippen LogP contribution is -2.17. The zero-order valence-electron chi connectivity index (χ0n) is 11.0. The maximum absolute atomic E-state index is 14.1. The van der Waals surface area contributed by atoms with Crippen molar-refractivity contribution in [3.63, 3.8) is 0 Å². The third-order valence-electron chi connectivity index (χ3n) is 2.80. The van der Waals surface area contributed by atoms with Gasteiger partial charge in [-0.15, -0.1) is 11.3 Å². The predicted molar refractivity (Wildman–Crippen MR) is 74.1 cm³/mol. The van der Waals surface area contributed by atoms with Crippen molar-refractivity contribution in [3.05, 3.63) is 34.5 Å². The molecular formula is C12H10F3O5PS. The highest BCUT2D eigenvalue weighted by Gasteiger charge is 2.54. The van der Waals surface area contributed by atoms with Crippen molar-refractivity contribution in [1.82, 2.24) is 0 Å². The third-order valence-corrected chi connectivity index (χ3v) is 5.44. The summed E-state index contributed by atoms with van der Waals surface area (Å²) in [6, 6.07) is 2.46. The minimum absolute atomic E-state index is 0.0370. The van der Waals surface area contributed by atoms with E-state index in [-0.39, 0.29) is 15.0 Å². The van der Waals surface area contributed by atoms with E-state index in [4.69, 9.17) is 5.11 Å². The van der Waals surface area contributed by atoms with Crippen LogP contribution in [-0.4, -0.2) is 22.6 Å². The van der Waals surface area contributed by atoms with Crippen LogP contribution in [0.25, 0.3) is 10.1 Å². The lowest BCUT2D eigenvalue weighted by Gasteiger charge is -2.22. The number of thiophene rings is 1. The summed E-state index contributed by atoms with van der Waals surface area (Å²) < 4.78 is 57.9. The van der Waals surface area contributed by atoms with Gasteiger partial charge in [0.2, 0.25) is 0 Å². The Hall–Kier alpha value is -1.41. The number of rotatable bonds is 5. The van der Waals surface area contributed by atoms with Crippen LogP contribution in [0, 0.1) is 5.82 Å². The maximum Gasteiger partial charge on any atom is 0.402 e. The topological polar surface area (TPSA) is 83.8 Å². The number of fused-ring (bicyclic) bond motifs is 1. The molecule has 0 aliphatic rings. The van der Waals surface area contributed by atoms with E-state index < -0.39 is 37.2 Å². The van der Waals surface area contributed by atoms with E-state index in [1.165, 1.54) is 6.92 Å². The van der Waals surface area contributed by atoms with Crippen LogP contribution >= 0.6 is 18.9 Å². The fourth-order valence-electron chi connectivity index (χ4n) is 1.81. The summed E-state index contributed by atoms with van der Waals surface area (Å²) >= 11 is 0.709. The Bertz CT molecular complexity index is 788. The Balaban J connectivity index is 2.62. The number of carboxylic acids is 1. The summed E-state index contributed by atoms with van der Waals surface area (Å²) in [5, 5.41) is 8.88. The molecule has 10 heteroatoms. The Labute approximate surface area is 126 Å². The number of carboxylic acid groups (broad SMARTS) is 1. The lowest BCUT2D eigenvalue weighted by atomic mass is 10.1. The van der Waals surface area contributed by atoms with E-state index in [1.54, 1.807) is 0 Å². The van der Waals surface area contributed by atoms with Gasteiger partial charge in [-0.3, -0.25) is 4.57 Å². The first-order valence-corrected chi connectivity index (χ1v) is 8.31. The largest absolute Gasteiger partial charge is 0.477 e. The minimum atomic E-state index is -5.42. The van der Waals surface area contributed by atoms with Crippen LogP contribution in [0.15, 0.2) is 18.2 Å². The zero-order chi connectivity index (χ0) is 16.7. The monoisotopic (exact) mass is 354 g/mol. The van der Waals surface area contributed by atoms with Crippen molar-refractivity contribution in [3.8, 4) is 0 Å². The van der Waals surface area contributed by atoms with Crippen molar-refractivity contribution in [2.75, 3.05) is 6.61 Å². The van der Waals surface area contributed by atoms with Gasteiger partial charge in [0.25, 0.3) is 0 Å². The molecule has 1 aromatic carbocycles. The summed E-state index contributed by atoms with van der Waals surface area (Å²) in [6.45, 7) is 0.797. The average molecular weight is 354 g/mol. The SMILES string of the molecule is CCOP(=O)(O)C(F)(F)c1cc2cc(C(=O)O)sc2cc1F. The van der Waals surface area contributed by atoms with Crippen LogP contribution in [0.3, 0.4) is 0 Å². The predicted octanol–water partition coefficient (Wildman–Crippen LogP) is 4.01. The first-order chi connectivity index (χ1) is 10.1. The van der Waals surface area contributed by atoms with Crippen LogP contribution in [0.4, 0.5) is 13.2 Å². The van der Waals surface area contributed by atoms with Gasteiger partial charge in [0, 0.05) is 4.70 Å². The number of alkyl halides is 2.